The number of benzene rings is 3. The van der Waals surface area contributed by atoms with Crippen molar-refractivity contribution in [3.8, 4) is 34.1 Å². The van der Waals surface area contributed by atoms with Crippen molar-refractivity contribution in [1.82, 2.24) is 20.0 Å². The van der Waals surface area contributed by atoms with E-state index in [1.165, 1.54) is 5.56 Å². The van der Waals surface area contributed by atoms with Crippen LogP contribution in [0.1, 0.15) is 5.56 Å². The molecule has 0 saturated heterocycles. The Morgan fingerprint density at radius 2 is 1.75 bits per heavy atom. The number of nitrogens with zero attached hydrogens (tertiary/aromatic N) is 4. The van der Waals surface area contributed by atoms with Gasteiger partial charge in [-0.25, -0.2) is 4.68 Å². The van der Waals surface area contributed by atoms with Gasteiger partial charge in [-0.3, -0.25) is 4.79 Å². The van der Waals surface area contributed by atoms with Gasteiger partial charge in [-0.2, -0.15) is 5.10 Å². The molecule has 1 N–H and O–H groups in total. The number of hydrogen-bond acceptors (Lipinski definition) is 7. The zero-order valence-electron chi connectivity index (χ0n) is 19.7. The molecule has 5 aromatic rings. The third kappa shape index (κ3) is 5.16. The summed E-state index contributed by atoms with van der Waals surface area (Å²) in [7, 11) is 1.58. The van der Waals surface area contributed by atoms with E-state index in [0.717, 1.165) is 28.7 Å². The summed E-state index contributed by atoms with van der Waals surface area (Å²) < 4.78 is 12.8. The van der Waals surface area contributed by atoms with Crippen LogP contribution in [0.5, 0.6) is 5.75 Å². The summed E-state index contributed by atoms with van der Waals surface area (Å²) in [6.45, 7) is 2.04. The smallest absolute Gasteiger partial charge is 0.277 e. The van der Waals surface area contributed by atoms with Gasteiger partial charge in [0, 0.05) is 11.6 Å². The summed E-state index contributed by atoms with van der Waals surface area (Å²) in [6.07, 6.45) is 0. The number of carbonyl (C=O) groups excluding carboxylic acids is 1. The van der Waals surface area contributed by atoms with Crippen molar-refractivity contribution in [2.45, 2.75) is 12.1 Å². The predicted molar refractivity (Wildman–Crippen MR) is 139 cm³/mol. The van der Waals surface area contributed by atoms with E-state index in [2.05, 4.69) is 15.5 Å². The van der Waals surface area contributed by atoms with Crippen LogP contribution in [-0.4, -0.2) is 38.7 Å². The molecule has 2 aromatic heterocycles. The number of thioether (sulfide) groups is 1. The first kappa shape index (κ1) is 23.4. The number of ether oxygens (including phenoxy) is 1. The standard InChI is InChI=1S/C27H23N5O3S/c1-18-12-14-19(15-13-18)22-16-24(32(31-22)20-8-4-3-5-9-20)28-25(33)17-36-27-30-29-26(35-27)21-10-6-7-11-23(21)34-2/h3-16H,17H2,1-2H3,(H,28,33). The topological polar surface area (TPSA) is 95.1 Å². The van der Waals surface area contributed by atoms with Crippen LogP contribution in [0.15, 0.2) is 94.6 Å². The van der Waals surface area contributed by atoms with E-state index in [1.807, 2.05) is 91.9 Å². The lowest BCUT2D eigenvalue weighted by atomic mass is 10.1. The molecule has 0 unspecified atom stereocenters. The average molecular weight is 498 g/mol. The van der Waals surface area contributed by atoms with E-state index >= 15 is 0 Å². The Balaban J connectivity index is 1.32. The molecule has 0 fully saturated rings. The Morgan fingerprint density at radius 1 is 1.00 bits per heavy atom. The monoisotopic (exact) mass is 497 g/mol. The quantitative estimate of drug-likeness (QED) is 0.277. The van der Waals surface area contributed by atoms with Crippen molar-refractivity contribution in [2.24, 2.45) is 0 Å². The summed E-state index contributed by atoms with van der Waals surface area (Å²) >= 11 is 1.16. The van der Waals surface area contributed by atoms with Gasteiger partial charge in [-0.15, -0.1) is 10.2 Å². The number of carbonyl (C=O) groups is 1. The second-order valence-corrected chi connectivity index (χ2v) is 8.87. The summed E-state index contributed by atoms with van der Waals surface area (Å²) in [4.78, 5) is 12.9. The van der Waals surface area contributed by atoms with Gasteiger partial charge < -0.3 is 14.5 Å². The van der Waals surface area contributed by atoms with Crippen molar-refractivity contribution in [3.63, 3.8) is 0 Å². The molecule has 0 aliphatic carbocycles. The number of aryl methyl sites for hydroxylation is 1. The number of para-hydroxylation sites is 2. The minimum Gasteiger partial charge on any atom is -0.496 e. The minimum atomic E-state index is -0.218. The number of anilines is 1. The second-order valence-electron chi connectivity index (χ2n) is 7.94. The molecule has 2 heterocycles. The highest BCUT2D eigenvalue weighted by molar-refractivity contribution is 7.99. The first-order valence-corrected chi connectivity index (χ1v) is 12.2. The van der Waals surface area contributed by atoms with Crippen LogP contribution in [0.3, 0.4) is 0 Å². The largest absolute Gasteiger partial charge is 0.496 e. The minimum absolute atomic E-state index is 0.0907. The maximum absolute atomic E-state index is 12.9. The fourth-order valence-electron chi connectivity index (χ4n) is 3.61. The predicted octanol–water partition coefficient (Wildman–Crippen LogP) is 5.64. The summed E-state index contributed by atoms with van der Waals surface area (Å²) in [5.74, 6) is 1.41. The average Bonchev–Trinajstić information content (AvgIpc) is 3.56. The highest BCUT2D eigenvalue weighted by Crippen LogP contribution is 2.30. The van der Waals surface area contributed by atoms with Gasteiger partial charge in [0.2, 0.25) is 5.91 Å². The second kappa shape index (κ2) is 10.5. The zero-order chi connectivity index (χ0) is 24.9. The third-order valence-corrected chi connectivity index (χ3v) is 6.21. The van der Waals surface area contributed by atoms with Gasteiger partial charge >= 0.3 is 0 Å². The number of hydrogen-bond donors (Lipinski definition) is 1. The van der Waals surface area contributed by atoms with Crippen LogP contribution < -0.4 is 10.1 Å². The Labute approximate surface area is 212 Å². The number of methoxy groups -OCH3 is 1. The van der Waals surface area contributed by atoms with Gasteiger partial charge in [-0.05, 0) is 31.2 Å². The SMILES string of the molecule is COc1ccccc1-c1nnc(SCC(=O)Nc2cc(-c3ccc(C)cc3)nn2-c2ccccc2)o1. The molecular formula is C27H23N5O3S. The number of aromatic nitrogens is 4. The highest BCUT2D eigenvalue weighted by Gasteiger charge is 2.17. The summed E-state index contributed by atoms with van der Waals surface area (Å²) in [5, 5.41) is 16.2. The van der Waals surface area contributed by atoms with Gasteiger partial charge in [0.1, 0.15) is 11.6 Å². The lowest BCUT2D eigenvalue weighted by Crippen LogP contribution is -2.16. The van der Waals surface area contributed by atoms with Crippen molar-refractivity contribution in [1.29, 1.82) is 0 Å². The van der Waals surface area contributed by atoms with Gasteiger partial charge in [0.05, 0.1) is 29.8 Å². The first-order valence-electron chi connectivity index (χ1n) is 11.2. The van der Waals surface area contributed by atoms with Gasteiger partial charge in [0.25, 0.3) is 11.1 Å². The van der Waals surface area contributed by atoms with Crippen LogP contribution in [0.4, 0.5) is 5.82 Å². The molecule has 0 aliphatic rings. The molecule has 0 atom stereocenters. The molecule has 0 saturated carbocycles. The third-order valence-electron chi connectivity index (χ3n) is 5.40. The number of rotatable bonds is 8. The molecular weight excluding hydrogens is 474 g/mol. The molecule has 36 heavy (non-hydrogen) atoms. The van der Waals surface area contributed by atoms with E-state index < -0.39 is 0 Å². The van der Waals surface area contributed by atoms with E-state index in [9.17, 15) is 4.79 Å². The van der Waals surface area contributed by atoms with E-state index in [0.29, 0.717) is 28.2 Å². The van der Waals surface area contributed by atoms with Crippen molar-refractivity contribution < 1.29 is 13.9 Å². The zero-order valence-corrected chi connectivity index (χ0v) is 20.5. The van der Waals surface area contributed by atoms with Crippen molar-refractivity contribution in [2.75, 3.05) is 18.2 Å². The van der Waals surface area contributed by atoms with Crippen LogP contribution >= 0.6 is 11.8 Å². The Bertz CT molecular complexity index is 1480. The lowest BCUT2D eigenvalue weighted by Gasteiger charge is -2.08. The Hall–Kier alpha value is -4.37. The fourth-order valence-corrected chi connectivity index (χ4v) is 4.17. The molecule has 1 amide bonds. The van der Waals surface area contributed by atoms with Crippen LogP contribution in [0, 0.1) is 6.92 Å². The maximum atomic E-state index is 12.9. The van der Waals surface area contributed by atoms with Crippen LogP contribution in [0.25, 0.3) is 28.4 Å². The molecule has 0 bridgehead atoms. The number of amides is 1. The summed E-state index contributed by atoms with van der Waals surface area (Å²) in [6, 6.07) is 27.0. The fraction of sp³-hybridized carbons (Fsp3) is 0.111. The Morgan fingerprint density at radius 3 is 2.53 bits per heavy atom. The van der Waals surface area contributed by atoms with Crippen LogP contribution in [-0.2, 0) is 4.79 Å². The molecule has 0 spiro atoms. The van der Waals surface area contributed by atoms with Crippen molar-refractivity contribution in [3.05, 3.63) is 90.5 Å². The molecule has 180 valence electrons. The van der Waals surface area contributed by atoms with Crippen molar-refractivity contribution >= 4 is 23.5 Å². The van der Waals surface area contributed by atoms with E-state index in [4.69, 9.17) is 14.3 Å². The van der Waals surface area contributed by atoms with Gasteiger partial charge in [0.15, 0.2) is 0 Å². The Kier molecular flexibility index (Phi) is 6.81. The summed E-state index contributed by atoms with van der Waals surface area (Å²) in [5.41, 5.74) is 4.44. The first-order chi connectivity index (χ1) is 17.6. The maximum Gasteiger partial charge on any atom is 0.277 e. The van der Waals surface area contributed by atoms with E-state index in [-0.39, 0.29) is 11.7 Å². The molecule has 3 aromatic carbocycles. The molecule has 5 rings (SSSR count). The van der Waals surface area contributed by atoms with Crippen LogP contribution in [0.2, 0.25) is 0 Å². The normalized spacial score (nSPS) is 10.8. The molecule has 0 radical (unpaired) electrons. The molecule has 9 heteroatoms. The van der Waals surface area contributed by atoms with Gasteiger partial charge in [-0.1, -0.05) is 71.9 Å². The lowest BCUT2D eigenvalue weighted by molar-refractivity contribution is -0.113. The van der Waals surface area contributed by atoms with E-state index in [1.54, 1.807) is 11.8 Å². The highest BCUT2D eigenvalue weighted by atomic mass is 32.2. The number of nitrogens with one attached hydrogen (secondary N) is 1. The molecule has 8 nitrogen and oxygen atoms in total. The molecule has 0 aliphatic heterocycles.